The van der Waals surface area contributed by atoms with Crippen LogP contribution in [0.15, 0.2) is 24.5 Å². The Hall–Kier alpha value is -1.23. The van der Waals surface area contributed by atoms with E-state index in [-0.39, 0.29) is 0 Å². The van der Waals surface area contributed by atoms with Crippen molar-refractivity contribution in [1.29, 1.82) is 0 Å². The third kappa shape index (κ3) is 3.26. The summed E-state index contributed by atoms with van der Waals surface area (Å²) in [7, 11) is 0. The fourth-order valence-corrected chi connectivity index (χ4v) is 2.87. The van der Waals surface area contributed by atoms with Crippen molar-refractivity contribution in [2.24, 2.45) is 0 Å². The number of hydrogen-bond acceptors (Lipinski definition) is 3. The largest absolute Gasteiger partial charge is 0.492 e. The molecule has 0 aliphatic carbocycles. The second kappa shape index (κ2) is 6.04. The molecule has 0 atom stereocenters. The summed E-state index contributed by atoms with van der Waals surface area (Å²) in [4.78, 5) is 9.82. The van der Waals surface area contributed by atoms with Crippen molar-refractivity contribution in [1.82, 2.24) is 14.9 Å². The third-order valence-electron chi connectivity index (χ3n) is 3.37. The highest BCUT2D eigenvalue weighted by molar-refractivity contribution is 6.34. The molecule has 1 aliphatic rings. The van der Waals surface area contributed by atoms with E-state index in [9.17, 15) is 0 Å². The molecule has 1 aromatic carbocycles. The van der Waals surface area contributed by atoms with Gasteiger partial charge in [-0.05, 0) is 18.2 Å². The van der Waals surface area contributed by atoms with Crippen molar-refractivity contribution >= 4 is 23.2 Å². The lowest BCUT2D eigenvalue weighted by Gasteiger charge is -2.25. The quantitative estimate of drug-likeness (QED) is 0.943. The highest BCUT2D eigenvalue weighted by Crippen LogP contribution is 2.24. The molecule has 3 rings (SSSR count). The van der Waals surface area contributed by atoms with Gasteiger partial charge in [0.05, 0.1) is 17.7 Å². The zero-order valence-corrected chi connectivity index (χ0v) is 12.4. The Morgan fingerprint density at radius 2 is 2.05 bits per heavy atom. The first kappa shape index (κ1) is 13.7. The van der Waals surface area contributed by atoms with Gasteiger partial charge >= 0.3 is 0 Å². The van der Waals surface area contributed by atoms with E-state index in [0.29, 0.717) is 22.4 Å². The van der Waals surface area contributed by atoms with E-state index in [2.05, 4.69) is 14.9 Å². The molecule has 0 amide bonds. The monoisotopic (exact) mass is 311 g/mol. The second-order valence-corrected chi connectivity index (χ2v) is 5.68. The maximum Gasteiger partial charge on any atom is 0.122 e. The number of nitrogens with zero attached hydrogens (tertiary/aromatic N) is 2. The first-order valence-electron chi connectivity index (χ1n) is 6.53. The molecule has 0 unspecified atom stereocenters. The number of hydrogen-bond donors (Lipinski definition) is 1. The van der Waals surface area contributed by atoms with E-state index in [4.69, 9.17) is 27.9 Å². The fourth-order valence-electron chi connectivity index (χ4n) is 2.36. The molecule has 1 N–H and O–H groups in total. The Kier molecular flexibility index (Phi) is 4.15. The van der Waals surface area contributed by atoms with E-state index in [0.717, 1.165) is 26.1 Å². The van der Waals surface area contributed by atoms with E-state index in [1.165, 1.54) is 11.4 Å². The molecule has 20 heavy (non-hydrogen) atoms. The number of ether oxygens (including phenoxy) is 1. The van der Waals surface area contributed by atoms with Gasteiger partial charge in [0.25, 0.3) is 0 Å². The molecule has 1 aliphatic heterocycles. The van der Waals surface area contributed by atoms with Crippen molar-refractivity contribution in [3.8, 4) is 5.75 Å². The molecule has 0 saturated carbocycles. The van der Waals surface area contributed by atoms with Crippen LogP contribution in [0.2, 0.25) is 10.0 Å². The summed E-state index contributed by atoms with van der Waals surface area (Å²) in [6.45, 7) is 3.38. The maximum atomic E-state index is 5.94. The predicted molar refractivity (Wildman–Crippen MR) is 79.5 cm³/mol. The van der Waals surface area contributed by atoms with Gasteiger partial charge in [0, 0.05) is 36.1 Å². The highest BCUT2D eigenvalue weighted by atomic mass is 35.5. The summed E-state index contributed by atoms with van der Waals surface area (Å²) in [5.74, 6) is 0.710. The van der Waals surface area contributed by atoms with Crippen LogP contribution in [0.3, 0.4) is 0 Å². The van der Waals surface area contributed by atoms with Gasteiger partial charge in [0.1, 0.15) is 12.4 Å². The molecule has 106 valence electrons. The third-order valence-corrected chi connectivity index (χ3v) is 3.80. The Bertz CT molecular complexity index is 580. The Morgan fingerprint density at radius 1 is 1.25 bits per heavy atom. The van der Waals surface area contributed by atoms with Crippen LogP contribution in [0.25, 0.3) is 0 Å². The summed E-state index contributed by atoms with van der Waals surface area (Å²) < 4.78 is 5.70. The number of halogens is 2. The van der Waals surface area contributed by atoms with Gasteiger partial charge in [-0.25, -0.2) is 4.98 Å². The Morgan fingerprint density at radius 3 is 2.85 bits per heavy atom. The number of fused-ring (bicyclic) bond motifs is 1. The maximum absolute atomic E-state index is 5.94. The first-order valence-corrected chi connectivity index (χ1v) is 7.29. The average Bonchev–Trinajstić information content (AvgIpc) is 2.85. The molecule has 0 spiro atoms. The Balaban J connectivity index is 1.51. The molecule has 6 heteroatoms. The summed E-state index contributed by atoms with van der Waals surface area (Å²) >= 11 is 11.9. The van der Waals surface area contributed by atoms with Crippen LogP contribution in [-0.2, 0) is 13.0 Å². The average molecular weight is 312 g/mol. The van der Waals surface area contributed by atoms with Crippen molar-refractivity contribution in [2.45, 2.75) is 13.0 Å². The van der Waals surface area contributed by atoms with Gasteiger partial charge in [-0.3, -0.25) is 4.90 Å². The number of aromatic amines is 1. The molecule has 2 heterocycles. The molecule has 0 bridgehead atoms. The SMILES string of the molecule is Clc1cc(Cl)cc(OCCN2CCc3nc[nH]c3C2)c1. The van der Waals surface area contributed by atoms with E-state index in [1.54, 1.807) is 24.5 Å². The van der Waals surface area contributed by atoms with Crippen molar-refractivity contribution in [2.75, 3.05) is 19.7 Å². The molecule has 2 aromatic rings. The second-order valence-electron chi connectivity index (χ2n) is 4.81. The van der Waals surface area contributed by atoms with Crippen LogP contribution in [-0.4, -0.2) is 34.6 Å². The highest BCUT2D eigenvalue weighted by Gasteiger charge is 2.17. The van der Waals surface area contributed by atoms with Gasteiger partial charge in [-0.2, -0.15) is 0 Å². The molecule has 0 radical (unpaired) electrons. The summed E-state index contributed by atoms with van der Waals surface area (Å²) in [5.41, 5.74) is 2.39. The van der Waals surface area contributed by atoms with E-state index >= 15 is 0 Å². The number of rotatable bonds is 4. The van der Waals surface area contributed by atoms with Crippen LogP contribution in [0.4, 0.5) is 0 Å². The minimum atomic E-state index is 0.590. The molecular weight excluding hydrogens is 297 g/mol. The Labute approximate surface area is 127 Å². The molecule has 1 aromatic heterocycles. The van der Waals surface area contributed by atoms with Crippen LogP contribution in [0, 0.1) is 0 Å². The standard InChI is InChI=1S/C14H15Cl2N3O/c15-10-5-11(16)7-12(6-10)20-4-3-19-2-1-13-14(8-19)18-9-17-13/h5-7,9H,1-4,8H2,(H,17,18). The van der Waals surface area contributed by atoms with Crippen LogP contribution in [0.1, 0.15) is 11.4 Å². The lowest BCUT2D eigenvalue weighted by Crippen LogP contribution is -2.33. The zero-order valence-electron chi connectivity index (χ0n) is 10.9. The van der Waals surface area contributed by atoms with Crippen LogP contribution >= 0.6 is 23.2 Å². The van der Waals surface area contributed by atoms with Gasteiger partial charge in [0.2, 0.25) is 0 Å². The number of aromatic nitrogens is 2. The van der Waals surface area contributed by atoms with Gasteiger partial charge in [-0.1, -0.05) is 23.2 Å². The van der Waals surface area contributed by atoms with Crippen molar-refractivity contribution < 1.29 is 4.74 Å². The predicted octanol–water partition coefficient (Wildman–Crippen LogP) is 3.15. The summed E-state index contributed by atoms with van der Waals surface area (Å²) in [6, 6.07) is 5.24. The molecule has 4 nitrogen and oxygen atoms in total. The normalized spacial score (nSPS) is 15.1. The van der Waals surface area contributed by atoms with Crippen LogP contribution in [0.5, 0.6) is 5.75 Å². The number of H-pyrrole nitrogens is 1. The fraction of sp³-hybridized carbons (Fsp3) is 0.357. The summed E-state index contributed by atoms with van der Waals surface area (Å²) in [5, 5.41) is 1.18. The van der Waals surface area contributed by atoms with Gasteiger partial charge in [0.15, 0.2) is 0 Å². The molecule has 0 saturated heterocycles. The van der Waals surface area contributed by atoms with E-state index in [1.807, 2.05) is 0 Å². The van der Waals surface area contributed by atoms with Crippen molar-refractivity contribution in [3.05, 3.63) is 46.0 Å². The van der Waals surface area contributed by atoms with Crippen LogP contribution < -0.4 is 4.74 Å². The summed E-state index contributed by atoms with van der Waals surface area (Å²) in [6.07, 6.45) is 2.75. The van der Waals surface area contributed by atoms with E-state index < -0.39 is 0 Å². The molecule has 0 fully saturated rings. The lowest BCUT2D eigenvalue weighted by molar-refractivity contribution is 0.194. The number of benzene rings is 1. The van der Waals surface area contributed by atoms with Gasteiger partial charge < -0.3 is 9.72 Å². The van der Waals surface area contributed by atoms with Gasteiger partial charge in [-0.15, -0.1) is 0 Å². The number of nitrogens with one attached hydrogen (secondary N) is 1. The van der Waals surface area contributed by atoms with Crippen molar-refractivity contribution in [3.63, 3.8) is 0 Å². The topological polar surface area (TPSA) is 41.1 Å². The number of imidazole rings is 1. The first-order chi connectivity index (χ1) is 9.70. The minimum absolute atomic E-state index is 0.590. The molecular formula is C14H15Cl2N3O. The lowest BCUT2D eigenvalue weighted by atomic mass is 10.1. The zero-order chi connectivity index (χ0) is 13.9. The minimum Gasteiger partial charge on any atom is -0.492 e. The smallest absolute Gasteiger partial charge is 0.122 e.